The lowest BCUT2D eigenvalue weighted by molar-refractivity contribution is -0.384. The van der Waals surface area contributed by atoms with Crippen LogP contribution in [-0.2, 0) is 28.3 Å². The minimum Gasteiger partial charge on any atom is -0.354 e. The molecule has 2 amide bonds. The van der Waals surface area contributed by atoms with E-state index < -0.39 is 11.0 Å². The Balaban J connectivity index is 1.80. The van der Waals surface area contributed by atoms with Gasteiger partial charge in [-0.25, -0.2) is 0 Å². The van der Waals surface area contributed by atoms with Crippen LogP contribution in [0.25, 0.3) is 0 Å². The van der Waals surface area contributed by atoms with Crippen molar-refractivity contribution in [2.45, 2.75) is 38.1 Å². The van der Waals surface area contributed by atoms with Gasteiger partial charge in [0, 0.05) is 41.9 Å². The molecule has 0 aliphatic heterocycles. The van der Waals surface area contributed by atoms with Crippen LogP contribution in [0.4, 0.5) is 5.69 Å². The van der Waals surface area contributed by atoms with Gasteiger partial charge in [-0.1, -0.05) is 77.5 Å². The first-order valence-electron chi connectivity index (χ1n) is 12.0. The highest BCUT2D eigenvalue weighted by Crippen LogP contribution is 2.21. The summed E-state index contributed by atoms with van der Waals surface area (Å²) in [6.45, 7) is 2.83. The van der Waals surface area contributed by atoms with Crippen LogP contribution in [-0.4, -0.2) is 40.0 Å². The number of amides is 2. The molecule has 3 aromatic carbocycles. The molecule has 0 saturated heterocycles. The predicted molar refractivity (Wildman–Crippen MR) is 151 cm³/mol. The Bertz CT molecular complexity index is 1190. The molecule has 194 valence electrons. The van der Waals surface area contributed by atoms with E-state index in [9.17, 15) is 19.7 Å². The number of carbonyl (C=O) groups excluding carboxylic acids is 2. The van der Waals surface area contributed by atoms with E-state index in [0.717, 1.165) is 27.6 Å². The first-order valence-corrected chi connectivity index (χ1v) is 14.0. The minimum absolute atomic E-state index is 0.0341. The van der Waals surface area contributed by atoms with E-state index in [0.29, 0.717) is 25.3 Å². The SMILES string of the molecule is CCCNC(=O)[C@@H](Cc1ccccc1)N(Cc1cccc(Br)c1)C(=O)CSCc1ccc([N+](=O)[O-])cc1. The second-order valence-electron chi connectivity index (χ2n) is 8.56. The molecule has 9 heteroatoms. The van der Waals surface area contributed by atoms with Gasteiger partial charge in [0.25, 0.3) is 5.69 Å². The molecular weight excluding hydrogens is 554 g/mol. The molecule has 0 spiro atoms. The molecule has 1 atom stereocenters. The lowest BCUT2D eigenvalue weighted by Crippen LogP contribution is -2.51. The Morgan fingerprint density at radius 1 is 1.00 bits per heavy atom. The topological polar surface area (TPSA) is 92.6 Å². The summed E-state index contributed by atoms with van der Waals surface area (Å²) in [6, 6.07) is 23.1. The molecule has 7 nitrogen and oxygen atoms in total. The summed E-state index contributed by atoms with van der Waals surface area (Å²) in [5.74, 6) is 0.394. The number of nitro groups is 1. The summed E-state index contributed by atoms with van der Waals surface area (Å²) in [6.07, 6.45) is 1.21. The van der Waals surface area contributed by atoms with Crippen molar-refractivity contribution in [2.75, 3.05) is 12.3 Å². The van der Waals surface area contributed by atoms with Gasteiger partial charge in [-0.3, -0.25) is 19.7 Å². The van der Waals surface area contributed by atoms with E-state index in [4.69, 9.17) is 0 Å². The van der Waals surface area contributed by atoms with Crippen LogP contribution in [0.1, 0.15) is 30.0 Å². The van der Waals surface area contributed by atoms with Crippen LogP contribution >= 0.6 is 27.7 Å². The Morgan fingerprint density at radius 2 is 1.70 bits per heavy atom. The zero-order chi connectivity index (χ0) is 26.6. The van der Waals surface area contributed by atoms with Gasteiger partial charge in [0.2, 0.25) is 11.8 Å². The number of non-ortho nitro benzene ring substituents is 1. The number of thioether (sulfide) groups is 1. The van der Waals surface area contributed by atoms with Crippen LogP contribution < -0.4 is 5.32 Å². The molecule has 0 unspecified atom stereocenters. The normalized spacial score (nSPS) is 11.5. The average molecular weight is 585 g/mol. The Kier molecular flexibility index (Phi) is 11.2. The quantitative estimate of drug-likeness (QED) is 0.204. The zero-order valence-electron chi connectivity index (χ0n) is 20.6. The molecule has 3 aromatic rings. The smallest absolute Gasteiger partial charge is 0.269 e. The van der Waals surface area contributed by atoms with Crippen molar-refractivity contribution in [3.63, 3.8) is 0 Å². The second kappa shape index (κ2) is 14.5. The van der Waals surface area contributed by atoms with E-state index >= 15 is 0 Å². The fourth-order valence-electron chi connectivity index (χ4n) is 3.80. The third-order valence-electron chi connectivity index (χ3n) is 5.70. The first-order chi connectivity index (χ1) is 17.9. The van der Waals surface area contributed by atoms with Crippen molar-refractivity contribution in [3.8, 4) is 0 Å². The zero-order valence-corrected chi connectivity index (χ0v) is 23.0. The minimum atomic E-state index is -0.666. The number of halogens is 1. The molecule has 37 heavy (non-hydrogen) atoms. The highest BCUT2D eigenvalue weighted by Gasteiger charge is 2.30. The van der Waals surface area contributed by atoms with E-state index in [-0.39, 0.29) is 23.3 Å². The Labute approximate surface area is 229 Å². The number of nitrogens with zero attached hydrogens (tertiary/aromatic N) is 2. The summed E-state index contributed by atoms with van der Waals surface area (Å²) in [4.78, 5) is 39.0. The van der Waals surface area contributed by atoms with E-state index in [1.54, 1.807) is 17.0 Å². The molecule has 0 aromatic heterocycles. The molecular formula is C28H30BrN3O4S. The monoisotopic (exact) mass is 583 g/mol. The number of benzene rings is 3. The van der Waals surface area contributed by atoms with Crippen LogP contribution in [0, 0.1) is 10.1 Å². The fraction of sp³-hybridized carbons (Fsp3) is 0.286. The van der Waals surface area contributed by atoms with Crippen LogP contribution in [0.2, 0.25) is 0 Å². The van der Waals surface area contributed by atoms with Gasteiger partial charge in [0.05, 0.1) is 10.7 Å². The maximum absolute atomic E-state index is 13.6. The number of rotatable bonds is 13. The maximum Gasteiger partial charge on any atom is 0.269 e. The summed E-state index contributed by atoms with van der Waals surface area (Å²) in [5, 5.41) is 13.9. The van der Waals surface area contributed by atoms with Crippen molar-refractivity contribution in [1.29, 1.82) is 0 Å². The molecule has 0 aliphatic carbocycles. The third-order valence-corrected chi connectivity index (χ3v) is 7.19. The van der Waals surface area contributed by atoms with E-state index in [1.807, 2.05) is 61.5 Å². The van der Waals surface area contributed by atoms with Crippen molar-refractivity contribution in [1.82, 2.24) is 10.2 Å². The Hall–Kier alpha value is -3.17. The molecule has 0 bridgehead atoms. The lowest BCUT2D eigenvalue weighted by Gasteiger charge is -2.31. The number of nitrogens with one attached hydrogen (secondary N) is 1. The van der Waals surface area contributed by atoms with Crippen molar-refractivity contribution < 1.29 is 14.5 Å². The summed E-state index contributed by atoms with van der Waals surface area (Å²) < 4.78 is 0.903. The third kappa shape index (κ3) is 9.02. The summed E-state index contributed by atoms with van der Waals surface area (Å²) >= 11 is 4.92. The standard InChI is InChI=1S/C28H30BrN3O4S/c1-2-15-30-28(34)26(17-21-7-4-3-5-8-21)31(18-23-9-6-10-24(29)16-23)27(33)20-37-19-22-11-13-25(14-12-22)32(35)36/h3-14,16,26H,2,15,17-20H2,1H3,(H,30,34)/t26-/m1/s1. The predicted octanol–water partition coefficient (Wildman–Crippen LogP) is 5.76. The van der Waals surface area contributed by atoms with E-state index in [1.165, 1.54) is 23.9 Å². The number of nitro benzene ring substituents is 1. The molecule has 0 saturated carbocycles. The Morgan fingerprint density at radius 3 is 2.35 bits per heavy atom. The fourth-order valence-corrected chi connectivity index (χ4v) is 5.12. The van der Waals surface area contributed by atoms with Gasteiger partial charge in [-0.2, -0.15) is 0 Å². The number of hydrogen-bond donors (Lipinski definition) is 1. The molecule has 1 N–H and O–H groups in total. The van der Waals surface area contributed by atoms with Crippen molar-refractivity contribution in [3.05, 3.63) is 110 Å². The van der Waals surface area contributed by atoms with Gasteiger partial charge >= 0.3 is 0 Å². The molecule has 0 aliphatic rings. The highest BCUT2D eigenvalue weighted by atomic mass is 79.9. The second-order valence-corrected chi connectivity index (χ2v) is 10.5. The van der Waals surface area contributed by atoms with E-state index in [2.05, 4.69) is 21.2 Å². The van der Waals surface area contributed by atoms with Gasteiger partial charge in [-0.05, 0) is 35.2 Å². The van der Waals surface area contributed by atoms with Crippen LogP contribution in [0.3, 0.4) is 0 Å². The molecule has 0 radical (unpaired) electrons. The van der Waals surface area contributed by atoms with Gasteiger partial charge in [0.15, 0.2) is 0 Å². The number of hydrogen-bond acceptors (Lipinski definition) is 5. The van der Waals surface area contributed by atoms with Gasteiger partial charge in [-0.15, -0.1) is 11.8 Å². The molecule has 3 rings (SSSR count). The van der Waals surface area contributed by atoms with Crippen LogP contribution in [0.5, 0.6) is 0 Å². The van der Waals surface area contributed by atoms with Crippen LogP contribution in [0.15, 0.2) is 83.3 Å². The van der Waals surface area contributed by atoms with Gasteiger partial charge in [0.1, 0.15) is 6.04 Å². The first kappa shape index (κ1) is 28.4. The lowest BCUT2D eigenvalue weighted by atomic mass is 10.0. The summed E-state index contributed by atoms with van der Waals surface area (Å²) in [5.41, 5.74) is 2.82. The van der Waals surface area contributed by atoms with Crippen molar-refractivity contribution >= 4 is 45.2 Å². The largest absolute Gasteiger partial charge is 0.354 e. The van der Waals surface area contributed by atoms with Crippen molar-refractivity contribution in [2.24, 2.45) is 0 Å². The molecule has 0 fully saturated rings. The summed E-state index contributed by atoms with van der Waals surface area (Å²) in [7, 11) is 0. The number of carbonyl (C=O) groups is 2. The van der Waals surface area contributed by atoms with Gasteiger partial charge < -0.3 is 10.2 Å². The maximum atomic E-state index is 13.6. The highest BCUT2D eigenvalue weighted by molar-refractivity contribution is 9.10. The molecule has 0 heterocycles. The average Bonchev–Trinajstić information content (AvgIpc) is 2.90.